The van der Waals surface area contributed by atoms with Gasteiger partial charge in [0.25, 0.3) is 0 Å². The summed E-state index contributed by atoms with van der Waals surface area (Å²) in [6.07, 6.45) is -1.09. The van der Waals surface area contributed by atoms with E-state index in [9.17, 15) is 10.2 Å². The molecule has 0 saturated carbocycles. The Kier molecular flexibility index (Phi) is 11.0. The molecule has 0 saturated heterocycles. The molecule has 0 aromatic heterocycles. The molecule has 0 spiro atoms. The number of hydrogen-bond acceptors (Lipinski definition) is 6. The first-order chi connectivity index (χ1) is 14.0. The molecule has 0 aliphatic rings. The lowest BCUT2D eigenvalue weighted by atomic mass is 9.95. The predicted molar refractivity (Wildman–Crippen MR) is 122 cm³/mol. The van der Waals surface area contributed by atoms with Crippen LogP contribution in [0, 0.1) is 5.92 Å². The number of hydrogen-bond donors (Lipinski definition) is 2. The highest BCUT2D eigenvalue weighted by Gasteiger charge is 2.42. The summed E-state index contributed by atoms with van der Waals surface area (Å²) in [6.45, 7) is 13.6. The summed E-state index contributed by atoms with van der Waals surface area (Å²) in [5.74, 6) is 0.511. The lowest BCUT2D eigenvalue weighted by molar-refractivity contribution is -0.106. The monoisotopic (exact) mass is 442 g/mol. The predicted octanol–water partition coefficient (Wildman–Crippen LogP) is 4.00. The molecule has 6 nitrogen and oxygen atoms in total. The molecular formula is C23H42O6Si. The minimum Gasteiger partial charge on any atom is -0.497 e. The van der Waals surface area contributed by atoms with Gasteiger partial charge in [0, 0.05) is 26.2 Å². The van der Waals surface area contributed by atoms with E-state index in [1.807, 2.05) is 24.3 Å². The Morgan fingerprint density at radius 3 is 2.13 bits per heavy atom. The molecule has 30 heavy (non-hydrogen) atoms. The van der Waals surface area contributed by atoms with Gasteiger partial charge >= 0.3 is 0 Å². The number of aliphatic hydroxyl groups excluding tert-OH is 2. The minimum absolute atomic E-state index is 0.0288. The molecule has 0 radical (unpaired) electrons. The minimum atomic E-state index is -2.10. The highest BCUT2D eigenvalue weighted by molar-refractivity contribution is 6.74. The van der Waals surface area contributed by atoms with Crippen LogP contribution in [0.3, 0.4) is 0 Å². The van der Waals surface area contributed by atoms with Crippen molar-refractivity contribution in [1.82, 2.24) is 0 Å². The second-order valence-corrected chi connectivity index (χ2v) is 14.2. The molecule has 0 amide bonds. The largest absolute Gasteiger partial charge is 0.497 e. The zero-order valence-corrected chi connectivity index (χ0v) is 21.0. The van der Waals surface area contributed by atoms with Crippen LogP contribution < -0.4 is 4.74 Å². The quantitative estimate of drug-likeness (QED) is 0.355. The van der Waals surface area contributed by atoms with Gasteiger partial charge in [0.2, 0.25) is 0 Å². The second kappa shape index (κ2) is 12.2. The second-order valence-electron chi connectivity index (χ2n) is 9.46. The van der Waals surface area contributed by atoms with E-state index in [0.717, 1.165) is 11.3 Å². The van der Waals surface area contributed by atoms with Crippen molar-refractivity contribution in [3.05, 3.63) is 29.8 Å². The van der Waals surface area contributed by atoms with E-state index in [1.165, 1.54) is 0 Å². The summed E-state index contributed by atoms with van der Waals surface area (Å²) in [6, 6.07) is 7.78. The number of aliphatic hydroxyl groups is 2. The summed E-state index contributed by atoms with van der Waals surface area (Å²) < 4.78 is 23.4. The van der Waals surface area contributed by atoms with E-state index in [0.29, 0.717) is 19.6 Å². The number of methoxy groups -OCH3 is 2. The van der Waals surface area contributed by atoms with Gasteiger partial charge in [0.1, 0.15) is 11.9 Å². The van der Waals surface area contributed by atoms with E-state index >= 15 is 0 Å². The molecule has 1 aromatic rings. The molecule has 4 atom stereocenters. The van der Waals surface area contributed by atoms with Gasteiger partial charge in [-0.15, -0.1) is 0 Å². The van der Waals surface area contributed by atoms with E-state index in [-0.39, 0.29) is 23.7 Å². The highest BCUT2D eigenvalue weighted by Crippen LogP contribution is 2.38. The molecule has 2 N–H and O–H groups in total. The fourth-order valence-electron chi connectivity index (χ4n) is 2.90. The van der Waals surface area contributed by atoms with E-state index < -0.39 is 20.5 Å². The summed E-state index contributed by atoms with van der Waals surface area (Å²) in [5, 5.41) is 20.2. The molecule has 7 heteroatoms. The Morgan fingerprint density at radius 2 is 1.67 bits per heavy atom. The van der Waals surface area contributed by atoms with Gasteiger partial charge < -0.3 is 28.8 Å². The van der Waals surface area contributed by atoms with Crippen LogP contribution in [0.5, 0.6) is 5.75 Å². The Labute approximate surface area is 183 Å². The Hall–Kier alpha value is -0.963. The third-order valence-electron chi connectivity index (χ3n) is 6.07. The third kappa shape index (κ3) is 7.94. The van der Waals surface area contributed by atoms with Crippen LogP contribution in [0.4, 0.5) is 0 Å². The normalized spacial score (nSPS) is 16.7. The van der Waals surface area contributed by atoms with Crippen LogP contribution >= 0.6 is 0 Å². The number of rotatable bonds is 13. The summed E-state index contributed by atoms with van der Waals surface area (Å²) in [4.78, 5) is 0. The first-order valence-electron chi connectivity index (χ1n) is 10.7. The van der Waals surface area contributed by atoms with Crippen molar-refractivity contribution in [2.24, 2.45) is 5.92 Å². The van der Waals surface area contributed by atoms with Crippen LogP contribution in [-0.2, 0) is 20.5 Å². The van der Waals surface area contributed by atoms with E-state index in [1.54, 1.807) is 21.1 Å². The van der Waals surface area contributed by atoms with Crippen LogP contribution in [0.25, 0.3) is 0 Å². The average molecular weight is 443 g/mol. The van der Waals surface area contributed by atoms with E-state index in [4.69, 9.17) is 18.6 Å². The molecular weight excluding hydrogens is 400 g/mol. The first kappa shape index (κ1) is 27.1. The zero-order chi connectivity index (χ0) is 22.9. The summed E-state index contributed by atoms with van der Waals surface area (Å²) >= 11 is 0. The van der Waals surface area contributed by atoms with Crippen LogP contribution in [0.15, 0.2) is 24.3 Å². The van der Waals surface area contributed by atoms with Gasteiger partial charge in [-0.05, 0) is 42.2 Å². The smallest absolute Gasteiger partial charge is 0.192 e. The van der Waals surface area contributed by atoms with Crippen LogP contribution in [0.1, 0.15) is 39.7 Å². The molecule has 0 heterocycles. The standard InChI is InChI=1S/C23H42O6Si/c1-17(15-24)21(25)22(27-6)20(29-30(7,8)23(2,3)4)13-14-28-16-18-9-11-19(26-5)12-10-18/h9-12,17,20-22,24-25H,13-16H2,1-8H3/t17-,20+,21+,22+/m1/s1. The molecule has 0 unspecified atom stereocenters. The van der Waals surface area contributed by atoms with E-state index in [2.05, 4.69) is 33.9 Å². The maximum absolute atomic E-state index is 10.7. The van der Waals surface area contributed by atoms with Gasteiger partial charge in [-0.1, -0.05) is 39.8 Å². The summed E-state index contributed by atoms with van der Waals surface area (Å²) in [7, 11) is 1.13. The van der Waals surface area contributed by atoms with Gasteiger partial charge in [-0.2, -0.15) is 0 Å². The van der Waals surface area contributed by atoms with Crippen molar-refractivity contribution >= 4 is 8.32 Å². The molecule has 0 aliphatic carbocycles. The fourth-order valence-corrected chi connectivity index (χ4v) is 4.26. The van der Waals surface area contributed by atoms with Gasteiger partial charge in [-0.3, -0.25) is 0 Å². The third-order valence-corrected chi connectivity index (χ3v) is 10.6. The molecule has 0 bridgehead atoms. The molecule has 0 fully saturated rings. The SMILES string of the molecule is COc1ccc(COCC[C@H](O[Si](C)(C)C(C)(C)C)[C@H](OC)[C@@H](O)[C@H](C)CO)cc1. The maximum Gasteiger partial charge on any atom is 0.192 e. The first-order valence-corrected chi connectivity index (χ1v) is 13.6. The Morgan fingerprint density at radius 1 is 1.07 bits per heavy atom. The molecule has 174 valence electrons. The van der Waals surface area contributed by atoms with Crippen molar-refractivity contribution in [2.75, 3.05) is 27.4 Å². The van der Waals surface area contributed by atoms with Crippen LogP contribution in [0.2, 0.25) is 18.1 Å². The Balaban J connectivity index is 2.83. The Bertz CT molecular complexity index is 599. The lowest BCUT2D eigenvalue weighted by Crippen LogP contribution is -2.52. The van der Waals surface area contributed by atoms with Crippen molar-refractivity contribution < 1.29 is 28.8 Å². The van der Waals surface area contributed by atoms with Gasteiger partial charge in [0.15, 0.2) is 8.32 Å². The molecule has 1 aromatic carbocycles. The number of ether oxygens (including phenoxy) is 3. The van der Waals surface area contributed by atoms with Crippen molar-refractivity contribution in [3.8, 4) is 5.75 Å². The lowest BCUT2D eigenvalue weighted by Gasteiger charge is -2.42. The van der Waals surface area contributed by atoms with Crippen molar-refractivity contribution in [3.63, 3.8) is 0 Å². The van der Waals surface area contributed by atoms with Crippen molar-refractivity contribution in [1.29, 1.82) is 0 Å². The van der Waals surface area contributed by atoms with Gasteiger partial charge in [-0.25, -0.2) is 0 Å². The van der Waals surface area contributed by atoms with Crippen LogP contribution in [-0.4, -0.2) is 64.3 Å². The summed E-state index contributed by atoms with van der Waals surface area (Å²) in [5.41, 5.74) is 1.06. The molecule has 0 aliphatic heterocycles. The fraction of sp³-hybridized carbons (Fsp3) is 0.739. The number of benzene rings is 1. The molecule has 1 rings (SSSR count). The average Bonchev–Trinajstić information content (AvgIpc) is 2.70. The topological polar surface area (TPSA) is 77.4 Å². The highest BCUT2D eigenvalue weighted by atomic mass is 28.4. The van der Waals surface area contributed by atoms with Crippen molar-refractivity contribution in [2.45, 2.75) is 77.2 Å². The zero-order valence-electron chi connectivity index (χ0n) is 20.0. The van der Waals surface area contributed by atoms with Gasteiger partial charge in [0.05, 0.1) is 25.9 Å². The maximum atomic E-state index is 10.7.